The highest BCUT2D eigenvalue weighted by molar-refractivity contribution is 5.80. The fraction of sp³-hybridized carbons (Fsp3) is 0.833. The summed E-state index contributed by atoms with van der Waals surface area (Å²) in [5, 5.41) is 3.23. The number of carbonyl (C=O) groups is 2. The van der Waals surface area contributed by atoms with Gasteiger partial charge in [0.05, 0.1) is 6.61 Å². The van der Waals surface area contributed by atoms with E-state index in [9.17, 15) is 9.59 Å². The molecule has 1 saturated heterocycles. The molecule has 1 aliphatic carbocycles. The van der Waals surface area contributed by atoms with E-state index in [1.165, 1.54) is 0 Å². The maximum Gasteiger partial charge on any atom is 0.323 e. The molecular weight excluding hydrogens is 206 g/mol. The number of Topliss-reactive ketones (excluding diaryl/α,β-unsaturated/α-hetero) is 1. The monoisotopic (exact) mass is 225 g/mol. The lowest BCUT2D eigenvalue weighted by Gasteiger charge is -2.38. The van der Waals surface area contributed by atoms with E-state index in [0.717, 1.165) is 19.4 Å². The van der Waals surface area contributed by atoms with Crippen LogP contribution in [0.3, 0.4) is 0 Å². The number of ketones is 1. The van der Waals surface area contributed by atoms with E-state index in [1.54, 1.807) is 0 Å². The average molecular weight is 225 g/mol. The Morgan fingerprint density at radius 1 is 1.50 bits per heavy atom. The van der Waals surface area contributed by atoms with Gasteiger partial charge in [0.15, 0.2) is 0 Å². The van der Waals surface area contributed by atoms with Gasteiger partial charge in [0.1, 0.15) is 11.8 Å². The number of nitrogens with one attached hydrogen (secondary N) is 1. The largest absolute Gasteiger partial charge is 0.465 e. The second-order valence-corrected chi connectivity index (χ2v) is 4.75. The third-order valence-corrected chi connectivity index (χ3v) is 3.69. The summed E-state index contributed by atoms with van der Waals surface area (Å²) in [6.07, 6.45) is 3.11. The molecule has 16 heavy (non-hydrogen) atoms. The topological polar surface area (TPSA) is 55.4 Å². The number of fused-ring (bicyclic) bond motifs is 1. The Morgan fingerprint density at radius 2 is 2.31 bits per heavy atom. The summed E-state index contributed by atoms with van der Waals surface area (Å²) in [4.78, 5) is 23.0. The maximum atomic E-state index is 11.6. The zero-order valence-electron chi connectivity index (χ0n) is 9.70. The minimum absolute atomic E-state index is 0.168. The quantitative estimate of drug-likeness (QED) is 0.709. The first kappa shape index (κ1) is 11.6. The molecule has 0 aromatic carbocycles. The predicted octanol–water partition coefficient (Wildman–Crippen LogP) is 0.897. The Balaban J connectivity index is 1.92. The molecule has 0 bridgehead atoms. The van der Waals surface area contributed by atoms with Gasteiger partial charge < -0.3 is 10.1 Å². The first-order valence-corrected chi connectivity index (χ1v) is 6.12. The second-order valence-electron chi connectivity index (χ2n) is 4.75. The Kier molecular flexibility index (Phi) is 3.59. The molecule has 1 N–H and O–H groups in total. The lowest BCUT2D eigenvalue weighted by atomic mass is 9.73. The highest BCUT2D eigenvalue weighted by atomic mass is 16.5. The van der Waals surface area contributed by atoms with Crippen LogP contribution in [0.5, 0.6) is 0 Å². The molecule has 0 radical (unpaired) electrons. The highest BCUT2D eigenvalue weighted by Gasteiger charge is 2.37. The van der Waals surface area contributed by atoms with Crippen LogP contribution in [-0.2, 0) is 14.3 Å². The van der Waals surface area contributed by atoms with E-state index < -0.39 is 0 Å². The molecule has 4 nitrogen and oxygen atoms in total. The minimum atomic E-state index is -0.202. The second kappa shape index (κ2) is 4.95. The molecule has 1 aliphatic heterocycles. The summed E-state index contributed by atoms with van der Waals surface area (Å²) in [5.74, 6) is 1.14. The molecular formula is C12H19NO3. The van der Waals surface area contributed by atoms with Crippen molar-refractivity contribution in [1.82, 2.24) is 5.32 Å². The first-order valence-electron chi connectivity index (χ1n) is 6.12. The smallest absolute Gasteiger partial charge is 0.323 e. The molecule has 0 amide bonds. The van der Waals surface area contributed by atoms with Gasteiger partial charge in [-0.3, -0.25) is 9.59 Å². The molecule has 0 aromatic rings. The third-order valence-electron chi connectivity index (χ3n) is 3.69. The van der Waals surface area contributed by atoms with Gasteiger partial charge in [0, 0.05) is 12.8 Å². The van der Waals surface area contributed by atoms with Crippen molar-refractivity contribution in [1.29, 1.82) is 0 Å². The van der Waals surface area contributed by atoms with Crippen LogP contribution in [0.1, 0.15) is 32.6 Å². The maximum absolute atomic E-state index is 11.6. The standard InChI is InChI=1S/C12H19NO3/c1-2-16-12(15)11-6-9-5-10(14)4-3-8(9)7-13-11/h8-9,11,13H,2-7H2,1H3/t8?,9?,11-/m0/s1. The summed E-state index contributed by atoms with van der Waals surface area (Å²) in [7, 11) is 0. The first-order chi connectivity index (χ1) is 7.70. The Labute approximate surface area is 95.7 Å². The molecule has 2 aliphatic rings. The van der Waals surface area contributed by atoms with Crippen LogP contribution >= 0.6 is 0 Å². The molecule has 90 valence electrons. The van der Waals surface area contributed by atoms with E-state index >= 15 is 0 Å². The van der Waals surface area contributed by atoms with Gasteiger partial charge in [-0.15, -0.1) is 0 Å². The number of piperidine rings is 1. The van der Waals surface area contributed by atoms with E-state index in [4.69, 9.17) is 4.74 Å². The van der Waals surface area contributed by atoms with Crippen molar-refractivity contribution in [2.24, 2.45) is 11.8 Å². The summed E-state index contributed by atoms with van der Waals surface area (Å²) < 4.78 is 5.00. The predicted molar refractivity (Wildman–Crippen MR) is 58.9 cm³/mol. The fourth-order valence-electron chi connectivity index (χ4n) is 2.79. The lowest BCUT2D eigenvalue weighted by molar-refractivity contribution is -0.147. The number of hydrogen-bond acceptors (Lipinski definition) is 4. The Hall–Kier alpha value is -0.900. The zero-order valence-corrected chi connectivity index (χ0v) is 9.70. The molecule has 0 spiro atoms. The average Bonchev–Trinajstić information content (AvgIpc) is 2.28. The van der Waals surface area contributed by atoms with E-state index in [1.807, 2.05) is 6.92 Å². The highest BCUT2D eigenvalue weighted by Crippen LogP contribution is 2.34. The van der Waals surface area contributed by atoms with Gasteiger partial charge in [0.25, 0.3) is 0 Å². The summed E-state index contributed by atoms with van der Waals surface area (Å²) in [5.41, 5.74) is 0. The van der Waals surface area contributed by atoms with Gasteiger partial charge in [-0.25, -0.2) is 0 Å². The minimum Gasteiger partial charge on any atom is -0.465 e. The van der Waals surface area contributed by atoms with E-state index in [0.29, 0.717) is 37.1 Å². The Morgan fingerprint density at radius 3 is 3.06 bits per heavy atom. The summed E-state index contributed by atoms with van der Waals surface area (Å²) in [6.45, 7) is 3.08. The van der Waals surface area contributed by atoms with Gasteiger partial charge in [-0.1, -0.05) is 0 Å². The van der Waals surface area contributed by atoms with Crippen LogP contribution in [0.4, 0.5) is 0 Å². The van der Waals surface area contributed by atoms with Crippen molar-refractivity contribution in [3.63, 3.8) is 0 Å². The van der Waals surface area contributed by atoms with Crippen LogP contribution in [0, 0.1) is 11.8 Å². The van der Waals surface area contributed by atoms with Gasteiger partial charge in [0.2, 0.25) is 0 Å². The summed E-state index contributed by atoms with van der Waals surface area (Å²) >= 11 is 0. The zero-order chi connectivity index (χ0) is 11.5. The molecule has 2 rings (SSSR count). The summed E-state index contributed by atoms with van der Waals surface area (Å²) in [6, 6.07) is -0.202. The van der Waals surface area contributed by atoms with Crippen molar-refractivity contribution in [3.8, 4) is 0 Å². The molecule has 4 heteroatoms. The van der Waals surface area contributed by atoms with Gasteiger partial charge >= 0.3 is 5.97 Å². The number of esters is 1. The van der Waals surface area contributed by atoms with Crippen LogP contribution < -0.4 is 5.32 Å². The van der Waals surface area contributed by atoms with Crippen molar-refractivity contribution >= 4 is 11.8 Å². The van der Waals surface area contributed by atoms with Crippen LogP contribution in [-0.4, -0.2) is 30.9 Å². The molecule has 0 aromatic heterocycles. The molecule has 2 fully saturated rings. The van der Waals surface area contributed by atoms with Gasteiger partial charge in [-0.05, 0) is 38.1 Å². The number of rotatable bonds is 2. The molecule has 3 atom stereocenters. The molecule has 1 heterocycles. The molecule has 2 unspecified atom stereocenters. The van der Waals surface area contributed by atoms with Crippen molar-refractivity contribution in [2.45, 2.75) is 38.6 Å². The van der Waals surface area contributed by atoms with E-state index in [-0.39, 0.29) is 12.0 Å². The molecule has 1 saturated carbocycles. The fourth-order valence-corrected chi connectivity index (χ4v) is 2.79. The van der Waals surface area contributed by atoms with Crippen molar-refractivity contribution in [3.05, 3.63) is 0 Å². The van der Waals surface area contributed by atoms with E-state index in [2.05, 4.69) is 5.32 Å². The lowest BCUT2D eigenvalue weighted by Crippen LogP contribution is -2.50. The SMILES string of the molecule is CCOC(=O)[C@@H]1CC2CC(=O)CCC2CN1. The number of hydrogen-bond donors (Lipinski definition) is 1. The van der Waals surface area contributed by atoms with Crippen molar-refractivity contribution in [2.75, 3.05) is 13.2 Å². The third kappa shape index (κ3) is 2.43. The van der Waals surface area contributed by atoms with Crippen LogP contribution in [0.2, 0.25) is 0 Å². The van der Waals surface area contributed by atoms with Crippen LogP contribution in [0.25, 0.3) is 0 Å². The normalized spacial score (nSPS) is 34.3. The Bertz CT molecular complexity index is 290. The number of ether oxygens (including phenoxy) is 1. The van der Waals surface area contributed by atoms with Crippen LogP contribution in [0.15, 0.2) is 0 Å². The van der Waals surface area contributed by atoms with Gasteiger partial charge in [-0.2, -0.15) is 0 Å². The van der Waals surface area contributed by atoms with Crippen molar-refractivity contribution < 1.29 is 14.3 Å². The number of carbonyl (C=O) groups excluding carboxylic acids is 2.